The van der Waals surface area contributed by atoms with Crippen LogP contribution in [0.2, 0.25) is 0 Å². The molecule has 6 heteroatoms. The number of hydrogen-bond donors (Lipinski definition) is 1. The van der Waals surface area contributed by atoms with Crippen LogP contribution in [0.3, 0.4) is 0 Å². The van der Waals surface area contributed by atoms with E-state index in [1.165, 1.54) is 6.42 Å². The lowest BCUT2D eigenvalue weighted by atomic mass is 9.92. The van der Waals surface area contributed by atoms with Crippen LogP contribution >= 0.6 is 12.4 Å². The van der Waals surface area contributed by atoms with E-state index in [9.17, 15) is 4.79 Å². The topological polar surface area (TPSA) is 58.8 Å². The van der Waals surface area contributed by atoms with Gasteiger partial charge in [-0.15, -0.1) is 12.4 Å². The fourth-order valence-electron chi connectivity index (χ4n) is 3.34. The Morgan fingerprint density at radius 3 is 2.48 bits per heavy atom. The maximum absolute atomic E-state index is 12.4. The third kappa shape index (κ3) is 5.40. The lowest BCUT2D eigenvalue weighted by Crippen LogP contribution is -2.52. The zero-order chi connectivity index (χ0) is 14.7. The monoisotopic (exact) mass is 319 g/mol. The quantitative estimate of drug-likeness (QED) is 0.846. The second kappa shape index (κ2) is 8.32. The first-order chi connectivity index (χ1) is 9.45. The lowest BCUT2D eigenvalue weighted by Gasteiger charge is -2.38. The predicted molar refractivity (Wildman–Crippen MR) is 86.7 cm³/mol. The number of carbonyl (C=O) groups is 1. The van der Waals surface area contributed by atoms with E-state index < -0.39 is 0 Å². The number of amides is 1. The number of piperidine rings is 1. The SMILES string of the molecule is CC1CN(C(=O)CN2CCCC(C(C)N)C2)CC(C)O1.Cl. The van der Waals surface area contributed by atoms with Crippen molar-refractivity contribution >= 4 is 18.3 Å². The van der Waals surface area contributed by atoms with E-state index in [1.807, 2.05) is 18.7 Å². The zero-order valence-electron chi connectivity index (χ0n) is 13.5. The minimum Gasteiger partial charge on any atom is -0.372 e. The number of halogens is 1. The zero-order valence-corrected chi connectivity index (χ0v) is 14.3. The summed E-state index contributed by atoms with van der Waals surface area (Å²) >= 11 is 0. The number of carbonyl (C=O) groups excluding carboxylic acids is 1. The average Bonchev–Trinajstić information content (AvgIpc) is 2.37. The Balaban J connectivity index is 0.00000220. The van der Waals surface area contributed by atoms with Gasteiger partial charge in [0, 0.05) is 25.7 Å². The molecule has 21 heavy (non-hydrogen) atoms. The number of rotatable bonds is 3. The van der Waals surface area contributed by atoms with E-state index in [0.29, 0.717) is 25.6 Å². The van der Waals surface area contributed by atoms with Gasteiger partial charge in [0.2, 0.25) is 5.91 Å². The van der Waals surface area contributed by atoms with E-state index in [-0.39, 0.29) is 36.6 Å². The highest BCUT2D eigenvalue weighted by Crippen LogP contribution is 2.19. The fraction of sp³-hybridized carbons (Fsp3) is 0.933. The molecule has 1 amide bonds. The molecule has 124 valence electrons. The third-order valence-corrected chi connectivity index (χ3v) is 4.42. The first-order valence-electron chi connectivity index (χ1n) is 7.87. The number of hydrogen-bond acceptors (Lipinski definition) is 4. The second-order valence-electron chi connectivity index (χ2n) is 6.55. The van der Waals surface area contributed by atoms with E-state index in [2.05, 4.69) is 11.8 Å². The van der Waals surface area contributed by atoms with Crippen LogP contribution < -0.4 is 5.73 Å². The Bertz CT molecular complexity index is 331. The molecule has 2 rings (SSSR count). The minimum atomic E-state index is 0. The molecule has 4 unspecified atom stereocenters. The molecule has 2 saturated heterocycles. The molecule has 0 aliphatic carbocycles. The highest BCUT2D eigenvalue weighted by Gasteiger charge is 2.29. The van der Waals surface area contributed by atoms with E-state index >= 15 is 0 Å². The lowest BCUT2D eigenvalue weighted by molar-refractivity contribution is -0.144. The van der Waals surface area contributed by atoms with Gasteiger partial charge < -0.3 is 15.4 Å². The van der Waals surface area contributed by atoms with Crippen molar-refractivity contribution in [3.05, 3.63) is 0 Å². The molecule has 2 aliphatic heterocycles. The second-order valence-corrected chi connectivity index (χ2v) is 6.55. The van der Waals surface area contributed by atoms with Gasteiger partial charge in [-0.05, 0) is 46.1 Å². The van der Waals surface area contributed by atoms with Gasteiger partial charge in [0.05, 0.1) is 18.8 Å². The molecule has 5 nitrogen and oxygen atoms in total. The van der Waals surface area contributed by atoms with Crippen molar-refractivity contribution in [1.29, 1.82) is 0 Å². The molecule has 0 aromatic heterocycles. The fourth-order valence-corrected chi connectivity index (χ4v) is 3.34. The summed E-state index contributed by atoms with van der Waals surface area (Å²) in [5, 5.41) is 0. The van der Waals surface area contributed by atoms with Crippen molar-refractivity contribution in [1.82, 2.24) is 9.80 Å². The highest BCUT2D eigenvalue weighted by molar-refractivity contribution is 5.85. The summed E-state index contributed by atoms with van der Waals surface area (Å²) in [5.74, 6) is 0.761. The van der Waals surface area contributed by atoms with Crippen LogP contribution in [0.4, 0.5) is 0 Å². The Morgan fingerprint density at radius 2 is 1.90 bits per heavy atom. The summed E-state index contributed by atoms with van der Waals surface area (Å²) in [5.41, 5.74) is 6.00. The molecule has 0 bridgehead atoms. The summed E-state index contributed by atoms with van der Waals surface area (Å²) in [6.07, 6.45) is 2.62. The first-order valence-corrected chi connectivity index (χ1v) is 7.87. The van der Waals surface area contributed by atoms with E-state index in [4.69, 9.17) is 10.5 Å². The molecule has 2 heterocycles. The van der Waals surface area contributed by atoms with Gasteiger partial charge in [-0.3, -0.25) is 9.69 Å². The number of nitrogens with zero attached hydrogens (tertiary/aromatic N) is 2. The van der Waals surface area contributed by atoms with Crippen LogP contribution in [0.25, 0.3) is 0 Å². The van der Waals surface area contributed by atoms with Gasteiger partial charge in [0.1, 0.15) is 0 Å². The van der Waals surface area contributed by atoms with Gasteiger partial charge in [0.25, 0.3) is 0 Å². The van der Waals surface area contributed by atoms with Crippen LogP contribution in [0, 0.1) is 5.92 Å². The third-order valence-electron chi connectivity index (χ3n) is 4.42. The van der Waals surface area contributed by atoms with E-state index in [1.54, 1.807) is 0 Å². The molecule has 0 aromatic rings. The van der Waals surface area contributed by atoms with Gasteiger partial charge in [-0.2, -0.15) is 0 Å². The first kappa shape index (κ1) is 18.7. The Morgan fingerprint density at radius 1 is 1.29 bits per heavy atom. The van der Waals surface area contributed by atoms with Crippen molar-refractivity contribution in [3.8, 4) is 0 Å². The molecule has 2 aliphatic rings. The molecule has 0 radical (unpaired) electrons. The summed E-state index contributed by atoms with van der Waals surface area (Å²) in [6, 6.07) is 0.219. The van der Waals surface area contributed by atoms with Crippen molar-refractivity contribution in [2.24, 2.45) is 11.7 Å². The van der Waals surface area contributed by atoms with Crippen molar-refractivity contribution in [3.63, 3.8) is 0 Å². The van der Waals surface area contributed by atoms with Crippen molar-refractivity contribution in [2.75, 3.05) is 32.7 Å². The molecule has 0 aromatic carbocycles. The van der Waals surface area contributed by atoms with Crippen LogP contribution in [-0.4, -0.2) is 66.7 Å². The van der Waals surface area contributed by atoms with E-state index in [0.717, 1.165) is 19.5 Å². The van der Waals surface area contributed by atoms with Gasteiger partial charge in [0.15, 0.2) is 0 Å². The molecular formula is C15H30ClN3O2. The van der Waals surface area contributed by atoms with Crippen LogP contribution in [0.15, 0.2) is 0 Å². The smallest absolute Gasteiger partial charge is 0.236 e. The van der Waals surface area contributed by atoms with Gasteiger partial charge in [-0.25, -0.2) is 0 Å². The average molecular weight is 320 g/mol. The number of ether oxygens (including phenoxy) is 1. The number of likely N-dealkylation sites (tertiary alicyclic amines) is 1. The number of nitrogens with two attached hydrogens (primary N) is 1. The van der Waals surface area contributed by atoms with Gasteiger partial charge >= 0.3 is 0 Å². The summed E-state index contributed by atoms with van der Waals surface area (Å²) in [7, 11) is 0. The summed E-state index contributed by atoms with van der Waals surface area (Å²) < 4.78 is 5.68. The predicted octanol–water partition coefficient (Wildman–Crippen LogP) is 1.10. The molecule has 0 spiro atoms. The van der Waals surface area contributed by atoms with Crippen LogP contribution in [0.1, 0.15) is 33.6 Å². The Hall–Kier alpha value is -0.360. The Labute approximate surface area is 134 Å². The standard InChI is InChI=1S/C15H29N3O2.ClH/c1-11-7-18(8-12(2)20-11)15(19)10-17-6-4-5-14(9-17)13(3)16;/h11-14H,4-10,16H2,1-3H3;1H. The molecule has 2 N–H and O–H groups in total. The van der Waals surface area contributed by atoms with Crippen molar-refractivity contribution < 1.29 is 9.53 Å². The Kier molecular flexibility index (Phi) is 7.40. The number of morpholine rings is 1. The highest BCUT2D eigenvalue weighted by atomic mass is 35.5. The van der Waals surface area contributed by atoms with Gasteiger partial charge in [-0.1, -0.05) is 0 Å². The minimum absolute atomic E-state index is 0. The maximum atomic E-state index is 12.4. The normalized spacial score (nSPS) is 32.4. The van der Waals surface area contributed by atoms with Crippen LogP contribution in [-0.2, 0) is 9.53 Å². The molecule has 0 saturated carbocycles. The summed E-state index contributed by atoms with van der Waals surface area (Å²) in [4.78, 5) is 16.7. The molecule has 4 atom stereocenters. The van der Waals surface area contributed by atoms with Crippen LogP contribution in [0.5, 0.6) is 0 Å². The maximum Gasteiger partial charge on any atom is 0.236 e. The molecule has 2 fully saturated rings. The largest absolute Gasteiger partial charge is 0.372 e. The van der Waals surface area contributed by atoms with Crippen molar-refractivity contribution in [2.45, 2.75) is 51.9 Å². The summed E-state index contributed by atoms with van der Waals surface area (Å²) in [6.45, 7) is 10.1. The molecular weight excluding hydrogens is 290 g/mol.